The maximum absolute atomic E-state index is 12.6. The highest BCUT2D eigenvalue weighted by atomic mass is 19.3. The fourth-order valence-electron chi connectivity index (χ4n) is 2.74. The number of alkyl halides is 2. The van der Waals surface area contributed by atoms with Crippen LogP contribution < -0.4 is 20.1 Å². The Kier molecular flexibility index (Phi) is 5.62. The number of rotatable bonds is 6. The summed E-state index contributed by atoms with van der Waals surface area (Å²) in [5.41, 5.74) is 0.265. The van der Waals surface area contributed by atoms with E-state index < -0.39 is 12.5 Å². The lowest BCUT2D eigenvalue weighted by Crippen LogP contribution is -2.40. The molecule has 2 N–H and O–H groups in total. The van der Waals surface area contributed by atoms with Gasteiger partial charge in [-0.25, -0.2) is 13.6 Å². The highest BCUT2D eigenvalue weighted by Crippen LogP contribution is 2.32. The van der Waals surface area contributed by atoms with Crippen LogP contribution in [0.5, 0.6) is 17.2 Å². The van der Waals surface area contributed by atoms with Gasteiger partial charge < -0.3 is 25.0 Å². The minimum absolute atomic E-state index is 0.0983. The van der Waals surface area contributed by atoms with Crippen molar-refractivity contribution in [1.82, 2.24) is 10.2 Å². The number of likely N-dealkylation sites (N-methyl/N-ethyl adjacent to an activating group) is 1. The molecule has 0 unspecified atom stereocenters. The molecule has 7 nitrogen and oxygen atoms in total. The Morgan fingerprint density at radius 3 is 2.46 bits per heavy atom. The summed E-state index contributed by atoms with van der Waals surface area (Å²) in [5.74, 6) is 0.790. The molecule has 1 aliphatic rings. The van der Waals surface area contributed by atoms with Crippen molar-refractivity contribution in [2.75, 3.05) is 26.0 Å². The highest BCUT2D eigenvalue weighted by Gasteiger charge is 2.33. The minimum Gasteiger partial charge on any atom is -0.495 e. The molecule has 2 aromatic carbocycles. The van der Waals surface area contributed by atoms with Crippen molar-refractivity contribution in [3.8, 4) is 17.2 Å². The minimum atomic E-state index is -2.55. The molecule has 0 radical (unpaired) electrons. The van der Waals surface area contributed by atoms with Crippen LogP contribution in [-0.2, 0) is 4.79 Å². The second-order valence-electron chi connectivity index (χ2n) is 6.14. The Morgan fingerprint density at radius 2 is 1.89 bits per heavy atom. The van der Waals surface area contributed by atoms with Gasteiger partial charge in [-0.2, -0.15) is 0 Å². The first-order valence-electron chi connectivity index (χ1n) is 8.44. The van der Waals surface area contributed by atoms with Crippen molar-refractivity contribution in [2.24, 2.45) is 0 Å². The number of carbonyl (C=O) groups excluding carboxylic acids is 2. The Labute approximate surface area is 160 Å². The van der Waals surface area contributed by atoms with E-state index in [1.165, 1.54) is 43.3 Å². The summed E-state index contributed by atoms with van der Waals surface area (Å²) in [7, 11) is 2.99. The van der Waals surface area contributed by atoms with Gasteiger partial charge in [0.15, 0.2) is 0 Å². The van der Waals surface area contributed by atoms with Crippen molar-refractivity contribution < 1.29 is 27.8 Å². The molecule has 28 heavy (non-hydrogen) atoms. The van der Waals surface area contributed by atoms with Crippen LogP contribution in [0.25, 0.3) is 0 Å². The van der Waals surface area contributed by atoms with Gasteiger partial charge in [0, 0.05) is 25.2 Å². The molecule has 148 valence electrons. The average Bonchev–Trinajstić information content (AvgIpc) is 3.01. The molecule has 0 saturated carbocycles. The molecule has 1 fully saturated rings. The number of benzene rings is 2. The van der Waals surface area contributed by atoms with Crippen molar-refractivity contribution in [3.05, 3.63) is 48.0 Å². The summed E-state index contributed by atoms with van der Waals surface area (Å²) in [6.45, 7) is 0.205. The van der Waals surface area contributed by atoms with Crippen molar-refractivity contribution in [1.29, 1.82) is 0 Å². The second kappa shape index (κ2) is 8.12. The number of urea groups is 1. The Balaban J connectivity index is 1.76. The largest absolute Gasteiger partial charge is 0.495 e. The van der Waals surface area contributed by atoms with E-state index >= 15 is 0 Å². The quantitative estimate of drug-likeness (QED) is 0.791. The zero-order valence-electron chi connectivity index (χ0n) is 15.2. The summed E-state index contributed by atoms with van der Waals surface area (Å²) < 4.78 is 36.2. The Hall–Kier alpha value is -3.36. The molecule has 1 heterocycles. The summed E-state index contributed by atoms with van der Waals surface area (Å²) in [6.07, 6.45) is -2.55. The molecule has 1 atom stereocenters. The van der Waals surface area contributed by atoms with Crippen LogP contribution in [0.1, 0.15) is 12.0 Å². The summed E-state index contributed by atoms with van der Waals surface area (Å²) in [6, 6.07) is 9.27. The van der Waals surface area contributed by atoms with E-state index in [2.05, 4.69) is 10.6 Å². The molecule has 3 amide bonds. The van der Waals surface area contributed by atoms with E-state index in [4.69, 9.17) is 9.47 Å². The van der Waals surface area contributed by atoms with Gasteiger partial charge in [0.05, 0.1) is 12.8 Å². The highest BCUT2D eigenvalue weighted by molar-refractivity contribution is 5.99. The van der Waals surface area contributed by atoms with Gasteiger partial charge in [-0.05, 0) is 36.4 Å². The average molecular weight is 391 g/mol. The smallest absolute Gasteiger partial charge is 0.317 e. The normalized spacial score (nSPS) is 16.1. The van der Waals surface area contributed by atoms with Gasteiger partial charge in [0.25, 0.3) is 6.43 Å². The molecule has 2 aromatic rings. The van der Waals surface area contributed by atoms with Crippen LogP contribution >= 0.6 is 0 Å². The van der Waals surface area contributed by atoms with Crippen LogP contribution in [0.4, 0.5) is 19.3 Å². The number of carbonyl (C=O) groups is 2. The van der Waals surface area contributed by atoms with Gasteiger partial charge in [0.2, 0.25) is 5.91 Å². The van der Waals surface area contributed by atoms with Crippen molar-refractivity contribution >= 4 is 17.6 Å². The first-order chi connectivity index (χ1) is 13.4. The molecule has 1 aliphatic heterocycles. The SMILES string of the molecule is COc1ccc(Oc2ccc(C(F)F)cc2)cc1NC(=O)[C@@H]1CNC(=O)N1C. The molecule has 1 saturated heterocycles. The molecule has 9 heteroatoms. The standard InChI is InChI=1S/C19H19F2N3O4/c1-24-15(10-22-19(24)26)18(25)23-14-9-13(7-8-16(14)27-2)28-12-5-3-11(4-6-12)17(20)21/h3-9,15,17H,10H2,1-2H3,(H,22,26)(H,23,25)/t15-/m0/s1. The predicted molar refractivity (Wildman–Crippen MR) is 98.0 cm³/mol. The van der Waals surface area contributed by atoms with Crippen LogP contribution in [0.15, 0.2) is 42.5 Å². The van der Waals surface area contributed by atoms with Crippen LogP contribution in [0.2, 0.25) is 0 Å². The van der Waals surface area contributed by atoms with Crippen molar-refractivity contribution in [2.45, 2.75) is 12.5 Å². The van der Waals surface area contributed by atoms with E-state index in [9.17, 15) is 18.4 Å². The molecule has 0 bridgehead atoms. The van der Waals surface area contributed by atoms with Gasteiger partial charge in [-0.15, -0.1) is 0 Å². The van der Waals surface area contributed by atoms with E-state index in [0.717, 1.165) is 0 Å². The number of ether oxygens (including phenoxy) is 2. The Bertz CT molecular complexity index is 874. The molecule has 0 aliphatic carbocycles. The lowest BCUT2D eigenvalue weighted by Gasteiger charge is -2.19. The molecule has 3 rings (SSSR count). The van der Waals surface area contributed by atoms with Crippen LogP contribution in [0.3, 0.4) is 0 Å². The maximum atomic E-state index is 12.6. The summed E-state index contributed by atoms with van der Waals surface area (Å²) in [5, 5.41) is 5.32. The fourth-order valence-corrected chi connectivity index (χ4v) is 2.74. The number of nitrogens with one attached hydrogen (secondary N) is 2. The van der Waals surface area contributed by atoms with Crippen LogP contribution in [0, 0.1) is 0 Å². The van der Waals surface area contributed by atoms with Gasteiger partial charge >= 0.3 is 6.03 Å². The van der Waals surface area contributed by atoms with E-state index in [-0.39, 0.29) is 24.0 Å². The second-order valence-corrected chi connectivity index (χ2v) is 6.14. The number of halogens is 2. The third-order valence-electron chi connectivity index (χ3n) is 4.33. The fraction of sp³-hybridized carbons (Fsp3) is 0.263. The van der Waals surface area contributed by atoms with E-state index in [1.54, 1.807) is 18.2 Å². The van der Waals surface area contributed by atoms with E-state index in [1.807, 2.05) is 0 Å². The van der Waals surface area contributed by atoms with Crippen LogP contribution in [-0.4, -0.2) is 43.6 Å². The third-order valence-corrected chi connectivity index (χ3v) is 4.33. The summed E-state index contributed by atoms with van der Waals surface area (Å²) in [4.78, 5) is 25.3. The van der Waals surface area contributed by atoms with Gasteiger partial charge in [-0.1, -0.05) is 0 Å². The molecule has 0 spiro atoms. The molecule has 0 aromatic heterocycles. The van der Waals surface area contributed by atoms with E-state index in [0.29, 0.717) is 22.9 Å². The number of anilines is 1. The summed E-state index contributed by atoms with van der Waals surface area (Å²) >= 11 is 0. The van der Waals surface area contributed by atoms with Gasteiger partial charge in [-0.3, -0.25) is 4.79 Å². The number of methoxy groups -OCH3 is 1. The van der Waals surface area contributed by atoms with Gasteiger partial charge in [0.1, 0.15) is 23.3 Å². The predicted octanol–water partition coefficient (Wildman–Crippen LogP) is 3.39. The number of hydrogen-bond acceptors (Lipinski definition) is 4. The first-order valence-corrected chi connectivity index (χ1v) is 8.44. The molecular weight excluding hydrogens is 372 g/mol. The Morgan fingerprint density at radius 1 is 1.21 bits per heavy atom. The maximum Gasteiger partial charge on any atom is 0.317 e. The monoisotopic (exact) mass is 391 g/mol. The number of nitrogens with zero attached hydrogens (tertiary/aromatic N) is 1. The lowest BCUT2D eigenvalue weighted by atomic mass is 10.2. The topological polar surface area (TPSA) is 79.9 Å². The lowest BCUT2D eigenvalue weighted by molar-refractivity contribution is -0.119. The number of hydrogen-bond donors (Lipinski definition) is 2. The third kappa shape index (κ3) is 4.13. The van der Waals surface area contributed by atoms with Crippen molar-refractivity contribution in [3.63, 3.8) is 0 Å². The number of amides is 3. The first kappa shape index (κ1) is 19.4. The zero-order chi connectivity index (χ0) is 20.3. The zero-order valence-corrected chi connectivity index (χ0v) is 15.2. The molecular formula is C19H19F2N3O4.